The Morgan fingerprint density at radius 3 is 2.06 bits per heavy atom. The number of anilines is 1. The van der Waals surface area contributed by atoms with Gasteiger partial charge < -0.3 is 5.32 Å². The van der Waals surface area contributed by atoms with Crippen LogP contribution in [0.15, 0.2) is 71.6 Å². The molecule has 0 aromatic heterocycles. The second-order valence-corrected chi connectivity index (χ2v) is 9.97. The largest absolute Gasteiger partial charge is 0.324 e. The van der Waals surface area contributed by atoms with Gasteiger partial charge in [0.2, 0.25) is 15.9 Å². The minimum Gasteiger partial charge on any atom is -0.324 e. The van der Waals surface area contributed by atoms with E-state index in [0.29, 0.717) is 26.3 Å². The number of rotatable bonds is 7. The first-order chi connectivity index (χ1) is 14.7. The highest BCUT2D eigenvalue weighted by Gasteiger charge is 2.28. The first-order valence-electron chi connectivity index (χ1n) is 9.22. The molecule has 0 atom stereocenters. The summed E-state index contributed by atoms with van der Waals surface area (Å²) in [4.78, 5) is 12.8. The fourth-order valence-corrected chi connectivity index (χ4v) is 4.92. The maximum Gasteiger partial charge on any atom is 0.243 e. The molecule has 3 aromatic carbocycles. The average molecular weight is 498 g/mol. The standard InChI is InChI=1S/C22H19Cl3N2O3S/c1-15-9-11-16(12-10-15)31(29,30)27(13-17-18(23)6-4-7-19(17)24)14-22(28)26-21-8-3-2-5-20(21)25/h2-12H,13-14H2,1H3,(H,26,28). The van der Waals surface area contributed by atoms with E-state index in [-0.39, 0.29) is 11.4 Å². The maximum atomic E-state index is 13.4. The zero-order valence-electron chi connectivity index (χ0n) is 16.5. The summed E-state index contributed by atoms with van der Waals surface area (Å²) >= 11 is 18.6. The van der Waals surface area contributed by atoms with E-state index >= 15 is 0 Å². The van der Waals surface area contributed by atoms with Gasteiger partial charge in [0.1, 0.15) is 0 Å². The molecule has 0 spiro atoms. The number of amides is 1. The molecule has 162 valence electrons. The lowest BCUT2D eigenvalue weighted by Crippen LogP contribution is -2.37. The average Bonchev–Trinajstić information content (AvgIpc) is 2.72. The van der Waals surface area contributed by atoms with Crippen molar-refractivity contribution >= 4 is 56.4 Å². The van der Waals surface area contributed by atoms with E-state index in [4.69, 9.17) is 34.8 Å². The molecule has 3 aromatic rings. The Kier molecular flexibility index (Phi) is 7.62. The molecule has 0 saturated heterocycles. The molecule has 0 bridgehead atoms. The quantitative estimate of drug-likeness (QED) is 0.449. The van der Waals surface area contributed by atoms with Crippen molar-refractivity contribution in [3.63, 3.8) is 0 Å². The second-order valence-electron chi connectivity index (χ2n) is 6.81. The molecule has 0 unspecified atom stereocenters. The molecular formula is C22H19Cl3N2O3S. The van der Waals surface area contributed by atoms with Crippen LogP contribution in [0.1, 0.15) is 11.1 Å². The van der Waals surface area contributed by atoms with Gasteiger partial charge in [-0.25, -0.2) is 8.42 Å². The molecular weight excluding hydrogens is 479 g/mol. The van der Waals surface area contributed by atoms with E-state index in [1.807, 2.05) is 6.92 Å². The molecule has 1 amide bonds. The van der Waals surface area contributed by atoms with Crippen LogP contribution >= 0.6 is 34.8 Å². The van der Waals surface area contributed by atoms with Gasteiger partial charge in [0.05, 0.1) is 22.2 Å². The summed E-state index contributed by atoms with van der Waals surface area (Å²) < 4.78 is 27.8. The maximum absolute atomic E-state index is 13.4. The fraction of sp³-hybridized carbons (Fsp3) is 0.136. The van der Waals surface area contributed by atoms with Gasteiger partial charge in [-0.2, -0.15) is 4.31 Å². The third-order valence-electron chi connectivity index (χ3n) is 4.52. The van der Waals surface area contributed by atoms with Crippen LogP contribution in [0.25, 0.3) is 0 Å². The van der Waals surface area contributed by atoms with Crippen LogP contribution in [0.5, 0.6) is 0 Å². The van der Waals surface area contributed by atoms with E-state index in [1.54, 1.807) is 54.6 Å². The molecule has 1 N–H and O–H groups in total. The van der Waals surface area contributed by atoms with Crippen LogP contribution < -0.4 is 5.32 Å². The molecule has 0 aliphatic heterocycles. The molecule has 5 nitrogen and oxygen atoms in total. The summed E-state index contributed by atoms with van der Waals surface area (Å²) in [5.74, 6) is -0.549. The number of nitrogens with one attached hydrogen (secondary N) is 1. The minimum absolute atomic E-state index is 0.0619. The van der Waals surface area contributed by atoms with Gasteiger partial charge in [-0.15, -0.1) is 0 Å². The first kappa shape index (κ1) is 23.6. The predicted molar refractivity (Wildman–Crippen MR) is 125 cm³/mol. The van der Waals surface area contributed by atoms with Crippen molar-refractivity contribution in [3.8, 4) is 0 Å². The minimum atomic E-state index is -4.02. The lowest BCUT2D eigenvalue weighted by molar-refractivity contribution is -0.116. The Labute approximate surface area is 196 Å². The van der Waals surface area contributed by atoms with Crippen molar-refractivity contribution in [2.45, 2.75) is 18.4 Å². The van der Waals surface area contributed by atoms with Crippen molar-refractivity contribution in [2.75, 3.05) is 11.9 Å². The number of hydrogen-bond donors (Lipinski definition) is 1. The zero-order valence-corrected chi connectivity index (χ0v) is 19.6. The van der Waals surface area contributed by atoms with Crippen molar-refractivity contribution in [3.05, 3.63) is 92.9 Å². The lowest BCUT2D eigenvalue weighted by Gasteiger charge is -2.23. The van der Waals surface area contributed by atoms with Gasteiger partial charge in [0.15, 0.2) is 0 Å². The fourth-order valence-electron chi connectivity index (χ4n) is 2.86. The lowest BCUT2D eigenvalue weighted by atomic mass is 10.2. The van der Waals surface area contributed by atoms with Crippen molar-refractivity contribution in [1.82, 2.24) is 4.31 Å². The van der Waals surface area contributed by atoms with Crippen LogP contribution in [0.2, 0.25) is 15.1 Å². The van der Waals surface area contributed by atoms with Crippen LogP contribution in [0, 0.1) is 6.92 Å². The Bertz CT molecular complexity index is 1180. The van der Waals surface area contributed by atoms with Crippen molar-refractivity contribution < 1.29 is 13.2 Å². The van der Waals surface area contributed by atoms with Gasteiger partial charge >= 0.3 is 0 Å². The number of carbonyl (C=O) groups excluding carboxylic acids is 1. The highest BCUT2D eigenvalue weighted by Crippen LogP contribution is 2.28. The summed E-state index contributed by atoms with van der Waals surface area (Å²) in [6.45, 7) is 1.22. The third kappa shape index (κ3) is 5.79. The summed E-state index contributed by atoms with van der Waals surface area (Å²) in [5.41, 5.74) is 1.71. The van der Waals surface area contributed by atoms with Gasteiger partial charge in [0, 0.05) is 22.2 Å². The molecule has 0 fully saturated rings. The SMILES string of the molecule is Cc1ccc(S(=O)(=O)N(CC(=O)Nc2ccccc2Cl)Cc2c(Cl)cccc2Cl)cc1. The highest BCUT2D eigenvalue weighted by atomic mass is 35.5. The van der Waals surface area contributed by atoms with Gasteiger partial charge in [-0.3, -0.25) is 4.79 Å². The summed E-state index contributed by atoms with van der Waals surface area (Å²) in [7, 11) is -4.02. The monoisotopic (exact) mass is 496 g/mol. The molecule has 0 aliphatic carbocycles. The van der Waals surface area contributed by atoms with Crippen LogP contribution in [0.4, 0.5) is 5.69 Å². The molecule has 0 saturated carbocycles. The number of nitrogens with zero attached hydrogens (tertiary/aromatic N) is 1. The number of carbonyl (C=O) groups is 1. The molecule has 0 heterocycles. The third-order valence-corrected chi connectivity index (χ3v) is 7.37. The zero-order chi connectivity index (χ0) is 22.6. The van der Waals surface area contributed by atoms with E-state index in [9.17, 15) is 13.2 Å². The van der Waals surface area contributed by atoms with Crippen molar-refractivity contribution in [1.29, 1.82) is 0 Å². The normalized spacial score (nSPS) is 11.5. The number of hydrogen-bond acceptors (Lipinski definition) is 3. The Morgan fingerprint density at radius 2 is 1.45 bits per heavy atom. The van der Waals surface area contributed by atoms with Crippen molar-refractivity contribution in [2.24, 2.45) is 0 Å². The molecule has 3 rings (SSSR count). The van der Waals surface area contributed by atoms with Crippen LogP contribution in [0.3, 0.4) is 0 Å². The number of aryl methyl sites for hydroxylation is 1. The van der Waals surface area contributed by atoms with E-state index < -0.39 is 22.5 Å². The molecule has 0 aliphatic rings. The number of halogens is 3. The van der Waals surface area contributed by atoms with E-state index in [2.05, 4.69) is 5.32 Å². The number of sulfonamides is 1. The molecule has 0 radical (unpaired) electrons. The van der Waals surface area contributed by atoms with E-state index in [1.165, 1.54) is 12.1 Å². The Hall–Kier alpha value is -2.09. The topological polar surface area (TPSA) is 66.5 Å². The number of para-hydroxylation sites is 1. The second kappa shape index (κ2) is 10.0. The Morgan fingerprint density at radius 1 is 0.871 bits per heavy atom. The predicted octanol–water partition coefficient (Wildman–Crippen LogP) is 5.78. The van der Waals surface area contributed by atoms with E-state index in [0.717, 1.165) is 9.87 Å². The van der Waals surface area contributed by atoms with Crippen LogP contribution in [-0.2, 0) is 21.4 Å². The van der Waals surface area contributed by atoms with Gasteiger partial charge in [-0.1, -0.05) is 70.7 Å². The summed E-state index contributed by atoms with van der Waals surface area (Å²) in [5, 5.41) is 3.61. The Balaban J connectivity index is 1.94. The van der Waals surface area contributed by atoms with Crippen LogP contribution in [-0.4, -0.2) is 25.2 Å². The first-order valence-corrected chi connectivity index (χ1v) is 11.8. The van der Waals surface area contributed by atoms with Gasteiger partial charge in [-0.05, 0) is 43.3 Å². The summed E-state index contributed by atoms with van der Waals surface area (Å²) in [6.07, 6.45) is 0. The molecule has 9 heteroatoms. The smallest absolute Gasteiger partial charge is 0.243 e. The number of benzene rings is 3. The summed E-state index contributed by atoms with van der Waals surface area (Å²) in [6, 6.07) is 18.0. The van der Waals surface area contributed by atoms with Gasteiger partial charge in [0.25, 0.3) is 0 Å². The highest BCUT2D eigenvalue weighted by molar-refractivity contribution is 7.89. The molecule has 31 heavy (non-hydrogen) atoms.